The lowest BCUT2D eigenvalue weighted by Crippen LogP contribution is -2.44. The fraction of sp³-hybridized carbons (Fsp3) is 0.800. The maximum atomic E-state index is 9.59. The molecule has 18 heavy (non-hydrogen) atoms. The summed E-state index contributed by atoms with van der Waals surface area (Å²) in [5.41, 5.74) is 0. The van der Waals surface area contributed by atoms with Crippen molar-refractivity contribution >= 4 is 12.6 Å². The zero-order valence-electron chi connectivity index (χ0n) is 9.97. The second kappa shape index (κ2) is 8.70. The zero-order valence-corrected chi connectivity index (χ0v) is 10.9. The van der Waals surface area contributed by atoms with Gasteiger partial charge in [0.1, 0.15) is 24.6 Å². The van der Waals surface area contributed by atoms with Gasteiger partial charge in [-0.3, -0.25) is 0 Å². The predicted octanol–water partition coefficient (Wildman–Crippen LogP) is -1.49. The topological polar surface area (TPSA) is 131 Å². The lowest BCUT2D eigenvalue weighted by molar-refractivity contribution is -0.183. The highest BCUT2D eigenvalue weighted by atomic mass is 32.1. The Balaban J connectivity index is 4.78. The zero-order chi connectivity index (χ0) is 14.3. The maximum Gasteiger partial charge on any atom is 0.190 e. The highest BCUT2D eigenvalue weighted by Crippen LogP contribution is 2.18. The first kappa shape index (κ1) is 17.6. The summed E-state index contributed by atoms with van der Waals surface area (Å²) in [7, 11) is 0. The van der Waals surface area contributed by atoms with Gasteiger partial charge in [0, 0.05) is 0 Å². The van der Waals surface area contributed by atoms with Crippen LogP contribution in [0, 0.1) is 0 Å². The average molecular weight is 284 g/mol. The third-order valence-electron chi connectivity index (χ3n) is 2.33. The molecule has 0 aliphatic rings. The highest BCUT2D eigenvalue weighted by molar-refractivity contribution is 7.84. The molecule has 0 aromatic carbocycles. The van der Waals surface area contributed by atoms with Gasteiger partial charge >= 0.3 is 0 Å². The number of ether oxygens (including phenoxy) is 1. The Bertz CT molecular complexity index is 261. The molecule has 0 aliphatic carbocycles. The van der Waals surface area contributed by atoms with Crippen molar-refractivity contribution in [2.75, 3.05) is 13.2 Å². The third-order valence-corrected chi connectivity index (χ3v) is 2.81. The third kappa shape index (κ3) is 5.11. The molecular formula is C10H20O7S. The summed E-state index contributed by atoms with van der Waals surface area (Å²) in [6.45, 7) is 0.231. The van der Waals surface area contributed by atoms with E-state index in [0.29, 0.717) is 0 Å². The number of hydrogen-bond acceptors (Lipinski definition) is 8. The molecule has 0 saturated carbocycles. The molecule has 7 nitrogen and oxygen atoms in total. The van der Waals surface area contributed by atoms with Crippen LogP contribution in [0.25, 0.3) is 0 Å². The summed E-state index contributed by atoms with van der Waals surface area (Å²) in [6, 6.07) is 0. The molecule has 0 heterocycles. The molecule has 6 N–H and O–H groups in total. The Morgan fingerprint density at radius 1 is 1.17 bits per heavy atom. The fourth-order valence-electron chi connectivity index (χ4n) is 1.21. The van der Waals surface area contributed by atoms with Crippen LogP contribution in [0.3, 0.4) is 0 Å². The fourth-order valence-corrected chi connectivity index (χ4v) is 1.34. The summed E-state index contributed by atoms with van der Waals surface area (Å²) in [5.74, 6) is -0.589. The molecule has 0 rings (SSSR count). The molecular weight excluding hydrogens is 264 g/mol. The number of hydrogen-bond donors (Lipinski definition) is 7. The summed E-state index contributed by atoms with van der Waals surface area (Å²) in [5, 5.41) is 55.2. The smallest absolute Gasteiger partial charge is 0.190 e. The van der Waals surface area contributed by atoms with Gasteiger partial charge < -0.3 is 35.4 Å². The van der Waals surface area contributed by atoms with Gasteiger partial charge in [0.15, 0.2) is 6.29 Å². The summed E-state index contributed by atoms with van der Waals surface area (Å²) in [6.07, 6.45) is -5.26. The van der Waals surface area contributed by atoms with E-state index in [1.165, 1.54) is 0 Å². The van der Waals surface area contributed by atoms with Crippen molar-refractivity contribution in [3.8, 4) is 0 Å². The van der Waals surface area contributed by atoms with E-state index in [1.54, 1.807) is 6.92 Å². The van der Waals surface area contributed by atoms with Crippen molar-refractivity contribution in [3.05, 3.63) is 10.7 Å². The average Bonchev–Trinajstić information content (AvgIpc) is 2.40. The van der Waals surface area contributed by atoms with E-state index < -0.39 is 43.6 Å². The van der Waals surface area contributed by atoms with Crippen LogP contribution < -0.4 is 0 Å². The predicted molar refractivity (Wildman–Crippen MR) is 66.0 cm³/mol. The van der Waals surface area contributed by atoms with Crippen LogP contribution in [0.15, 0.2) is 10.7 Å². The quantitative estimate of drug-likeness (QED) is 0.164. The maximum absolute atomic E-state index is 9.59. The lowest BCUT2D eigenvalue weighted by atomic mass is 10.1. The van der Waals surface area contributed by atoms with Gasteiger partial charge in [-0.05, 0) is 6.42 Å². The van der Waals surface area contributed by atoms with Crippen molar-refractivity contribution in [3.63, 3.8) is 0 Å². The molecule has 0 saturated heterocycles. The summed E-state index contributed by atoms with van der Waals surface area (Å²) >= 11 is 3.74. The largest absolute Gasteiger partial charge is 0.509 e. The molecule has 0 aromatic heterocycles. The van der Waals surface area contributed by atoms with Crippen LogP contribution in [0.4, 0.5) is 0 Å². The molecule has 4 atom stereocenters. The first-order valence-electron chi connectivity index (χ1n) is 5.41. The molecule has 0 aromatic rings. The lowest BCUT2D eigenvalue weighted by Gasteiger charge is -2.28. The van der Waals surface area contributed by atoms with Gasteiger partial charge in [-0.1, -0.05) is 6.92 Å². The minimum absolute atomic E-state index is 0.228. The van der Waals surface area contributed by atoms with Crippen LogP contribution in [-0.4, -0.2) is 68.5 Å². The number of rotatable bonds is 8. The van der Waals surface area contributed by atoms with Gasteiger partial charge in [-0.25, -0.2) is 0 Å². The molecule has 8 heteroatoms. The Kier molecular flexibility index (Phi) is 8.53. The first-order chi connectivity index (χ1) is 8.38. The Morgan fingerprint density at radius 2 is 1.72 bits per heavy atom. The van der Waals surface area contributed by atoms with Gasteiger partial charge in [0.05, 0.1) is 17.6 Å². The molecule has 4 unspecified atom stereocenters. The van der Waals surface area contributed by atoms with Crippen molar-refractivity contribution in [1.82, 2.24) is 0 Å². The van der Waals surface area contributed by atoms with Crippen LogP contribution >= 0.6 is 12.6 Å². The monoisotopic (exact) mass is 284 g/mol. The van der Waals surface area contributed by atoms with E-state index in [4.69, 9.17) is 20.1 Å². The normalized spacial score (nSPS) is 19.9. The molecule has 0 bridgehead atoms. The SMILES string of the molecule is CCC(O)C(OC(O)/C(S)=C(/O)CO)C(O)CO. The van der Waals surface area contributed by atoms with E-state index in [1.807, 2.05) is 0 Å². The summed E-state index contributed by atoms with van der Waals surface area (Å²) < 4.78 is 4.93. The molecule has 0 fully saturated rings. The van der Waals surface area contributed by atoms with Crippen LogP contribution in [0.5, 0.6) is 0 Å². The number of aliphatic hydroxyl groups is 6. The standard InChI is InChI=1S/C10H20O7S/c1-2-5(13)8(6(14)3-11)17-10(16)9(18)7(15)4-12/h5-6,8,10-16,18H,2-4H2,1H3/b9-7-. The van der Waals surface area contributed by atoms with E-state index in [2.05, 4.69) is 12.6 Å². The van der Waals surface area contributed by atoms with E-state index in [9.17, 15) is 15.3 Å². The van der Waals surface area contributed by atoms with Gasteiger partial charge in [-0.15, -0.1) is 12.6 Å². The number of thiol groups is 1. The van der Waals surface area contributed by atoms with Crippen LogP contribution in [0.2, 0.25) is 0 Å². The highest BCUT2D eigenvalue weighted by Gasteiger charge is 2.30. The van der Waals surface area contributed by atoms with Gasteiger partial charge in [-0.2, -0.15) is 0 Å². The Morgan fingerprint density at radius 3 is 2.11 bits per heavy atom. The molecule has 0 aliphatic heterocycles. The van der Waals surface area contributed by atoms with Gasteiger partial charge in [0.2, 0.25) is 0 Å². The van der Waals surface area contributed by atoms with Crippen molar-refractivity contribution in [2.24, 2.45) is 0 Å². The Labute approximate surface area is 110 Å². The van der Waals surface area contributed by atoms with Crippen LogP contribution in [0.1, 0.15) is 13.3 Å². The van der Waals surface area contributed by atoms with Crippen molar-refractivity contribution in [2.45, 2.75) is 37.9 Å². The first-order valence-corrected chi connectivity index (χ1v) is 5.86. The van der Waals surface area contributed by atoms with Crippen molar-refractivity contribution in [1.29, 1.82) is 0 Å². The minimum atomic E-state index is -1.73. The second-order valence-electron chi connectivity index (χ2n) is 3.67. The molecule has 108 valence electrons. The minimum Gasteiger partial charge on any atom is -0.509 e. The van der Waals surface area contributed by atoms with E-state index in [-0.39, 0.29) is 11.3 Å². The van der Waals surface area contributed by atoms with Crippen molar-refractivity contribution < 1.29 is 35.4 Å². The Hall–Kier alpha value is -0.350. The molecule has 0 amide bonds. The second-order valence-corrected chi connectivity index (χ2v) is 4.15. The number of aliphatic hydroxyl groups excluding tert-OH is 6. The molecule has 0 radical (unpaired) electrons. The van der Waals surface area contributed by atoms with E-state index >= 15 is 0 Å². The molecule has 0 spiro atoms. The van der Waals surface area contributed by atoms with E-state index in [0.717, 1.165) is 0 Å². The van der Waals surface area contributed by atoms with Gasteiger partial charge in [0.25, 0.3) is 0 Å². The van der Waals surface area contributed by atoms with Crippen LogP contribution in [-0.2, 0) is 4.74 Å². The summed E-state index contributed by atoms with van der Waals surface area (Å²) in [4.78, 5) is -0.337.